The minimum atomic E-state index is -0.292. The summed E-state index contributed by atoms with van der Waals surface area (Å²) in [4.78, 5) is 8.18. The first-order valence-electron chi connectivity index (χ1n) is 9.98. The molecule has 0 amide bonds. The van der Waals surface area contributed by atoms with Gasteiger partial charge in [0, 0.05) is 32.5 Å². The summed E-state index contributed by atoms with van der Waals surface area (Å²) in [6.45, 7) is 4.58. The molecule has 7 heteroatoms. The Hall–Kier alpha value is -3.19. The van der Waals surface area contributed by atoms with Crippen molar-refractivity contribution in [2.24, 2.45) is 10.9 Å². The first kappa shape index (κ1) is 21.5. The van der Waals surface area contributed by atoms with Crippen molar-refractivity contribution in [2.45, 2.75) is 20.1 Å². The van der Waals surface area contributed by atoms with Gasteiger partial charge in [0.25, 0.3) is 0 Å². The number of hydrogen-bond donors (Lipinski definition) is 2. The van der Waals surface area contributed by atoms with Gasteiger partial charge in [0.2, 0.25) is 0 Å². The van der Waals surface area contributed by atoms with Gasteiger partial charge < -0.3 is 19.9 Å². The van der Waals surface area contributed by atoms with Crippen LogP contribution in [0.1, 0.15) is 18.1 Å². The highest BCUT2D eigenvalue weighted by Gasteiger charge is 2.07. The Kier molecular flexibility index (Phi) is 7.97. The predicted molar refractivity (Wildman–Crippen MR) is 117 cm³/mol. The van der Waals surface area contributed by atoms with Crippen LogP contribution in [0.25, 0.3) is 5.69 Å². The second-order valence-electron chi connectivity index (χ2n) is 7.17. The molecule has 1 heterocycles. The fourth-order valence-electron chi connectivity index (χ4n) is 2.96. The number of guanidine groups is 1. The Morgan fingerprint density at radius 1 is 1.17 bits per heavy atom. The van der Waals surface area contributed by atoms with E-state index in [1.807, 2.05) is 24.3 Å². The van der Waals surface area contributed by atoms with E-state index in [2.05, 4.69) is 39.7 Å². The molecule has 158 valence electrons. The van der Waals surface area contributed by atoms with E-state index in [9.17, 15) is 4.39 Å². The van der Waals surface area contributed by atoms with Crippen LogP contribution in [0.15, 0.2) is 72.2 Å². The fraction of sp³-hybridized carbons (Fsp3) is 0.304. The third-order valence-corrected chi connectivity index (χ3v) is 4.61. The Morgan fingerprint density at radius 3 is 2.70 bits per heavy atom. The van der Waals surface area contributed by atoms with E-state index in [1.165, 1.54) is 11.6 Å². The van der Waals surface area contributed by atoms with Crippen LogP contribution < -0.4 is 10.6 Å². The molecule has 0 saturated heterocycles. The molecule has 0 fully saturated rings. The van der Waals surface area contributed by atoms with Crippen LogP contribution >= 0.6 is 0 Å². The first-order chi connectivity index (χ1) is 14.7. The van der Waals surface area contributed by atoms with Crippen molar-refractivity contribution in [1.82, 2.24) is 20.2 Å². The van der Waals surface area contributed by atoms with Crippen LogP contribution in [0.2, 0.25) is 0 Å². The molecule has 30 heavy (non-hydrogen) atoms. The highest BCUT2D eigenvalue weighted by Crippen LogP contribution is 2.14. The van der Waals surface area contributed by atoms with Gasteiger partial charge in [-0.1, -0.05) is 43.3 Å². The highest BCUT2D eigenvalue weighted by molar-refractivity contribution is 5.79. The highest BCUT2D eigenvalue weighted by atomic mass is 19.1. The average molecular weight is 410 g/mol. The Balaban J connectivity index is 1.40. The van der Waals surface area contributed by atoms with Crippen molar-refractivity contribution < 1.29 is 9.13 Å². The number of nitrogens with one attached hydrogen (secondary N) is 2. The molecule has 3 aromatic rings. The molecule has 1 aromatic heterocycles. The molecule has 0 aliphatic heterocycles. The SMILES string of the molecule is CN=C(NCc1ccc(-n2ccnc2)c(F)c1)NCC(C)COCc1ccccc1. The van der Waals surface area contributed by atoms with Gasteiger partial charge in [-0.15, -0.1) is 0 Å². The van der Waals surface area contributed by atoms with Gasteiger partial charge in [-0.25, -0.2) is 9.37 Å². The Bertz CT molecular complexity index is 928. The quantitative estimate of drug-likeness (QED) is 0.419. The molecule has 0 bridgehead atoms. The van der Waals surface area contributed by atoms with Crippen molar-refractivity contribution in [2.75, 3.05) is 20.2 Å². The molecular weight excluding hydrogens is 381 g/mol. The van der Waals surface area contributed by atoms with Crippen molar-refractivity contribution >= 4 is 5.96 Å². The van der Waals surface area contributed by atoms with Gasteiger partial charge in [0.15, 0.2) is 5.96 Å². The second kappa shape index (κ2) is 11.1. The largest absolute Gasteiger partial charge is 0.376 e. The lowest BCUT2D eigenvalue weighted by Gasteiger charge is -2.16. The van der Waals surface area contributed by atoms with E-state index in [4.69, 9.17) is 4.74 Å². The van der Waals surface area contributed by atoms with E-state index < -0.39 is 0 Å². The maximum absolute atomic E-state index is 14.4. The molecular formula is C23H28FN5O. The summed E-state index contributed by atoms with van der Waals surface area (Å²) in [7, 11) is 1.72. The van der Waals surface area contributed by atoms with Crippen molar-refractivity contribution in [3.63, 3.8) is 0 Å². The topological polar surface area (TPSA) is 63.5 Å². The monoisotopic (exact) mass is 409 g/mol. The lowest BCUT2D eigenvalue weighted by Crippen LogP contribution is -2.39. The van der Waals surface area contributed by atoms with E-state index in [1.54, 1.807) is 36.4 Å². The minimum Gasteiger partial charge on any atom is -0.376 e. The lowest BCUT2D eigenvalue weighted by atomic mass is 10.2. The van der Waals surface area contributed by atoms with Gasteiger partial charge in [-0.05, 0) is 29.2 Å². The maximum atomic E-state index is 14.4. The summed E-state index contributed by atoms with van der Waals surface area (Å²) in [5, 5.41) is 6.51. The molecule has 6 nitrogen and oxygen atoms in total. The molecule has 0 aliphatic carbocycles. The first-order valence-corrected chi connectivity index (χ1v) is 9.98. The van der Waals surface area contributed by atoms with E-state index in [0.717, 1.165) is 12.1 Å². The van der Waals surface area contributed by atoms with Crippen molar-refractivity contribution in [3.05, 3.63) is 84.2 Å². The Morgan fingerprint density at radius 2 is 2.00 bits per heavy atom. The number of rotatable bonds is 9. The minimum absolute atomic E-state index is 0.292. The van der Waals surface area contributed by atoms with Gasteiger partial charge in [-0.3, -0.25) is 4.99 Å². The maximum Gasteiger partial charge on any atom is 0.191 e. The van der Waals surface area contributed by atoms with Crippen LogP contribution in [-0.4, -0.2) is 35.7 Å². The fourth-order valence-corrected chi connectivity index (χ4v) is 2.96. The van der Waals surface area contributed by atoms with E-state index in [0.29, 0.717) is 37.3 Å². The van der Waals surface area contributed by atoms with Gasteiger partial charge in [0.1, 0.15) is 5.82 Å². The normalized spacial score (nSPS) is 12.6. The predicted octanol–water partition coefficient (Wildman–Crippen LogP) is 3.53. The van der Waals surface area contributed by atoms with E-state index >= 15 is 0 Å². The van der Waals surface area contributed by atoms with Crippen LogP contribution in [0.4, 0.5) is 4.39 Å². The molecule has 3 rings (SSSR count). The van der Waals surface area contributed by atoms with Crippen LogP contribution in [0.3, 0.4) is 0 Å². The molecule has 0 saturated carbocycles. The number of imidazole rings is 1. The summed E-state index contributed by atoms with van der Waals surface area (Å²) >= 11 is 0. The molecule has 0 aliphatic rings. The number of halogens is 1. The van der Waals surface area contributed by atoms with Gasteiger partial charge in [0.05, 0.1) is 25.2 Å². The summed E-state index contributed by atoms with van der Waals surface area (Å²) in [5.41, 5.74) is 2.48. The molecule has 1 unspecified atom stereocenters. The van der Waals surface area contributed by atoms with Crippen LogP contribution in [0, 0.1) is 11.7 Å². The number of nitrogens with zero attached hydrogens (tertiary/aromatic N) is 3. The number of aromatic nitrogens is 2. The average Bonchev–Trinajstić information content (AvgIpc) is 3.29. The third-order valence-electron chi connectivity index (χ3n) is 4.61. The second-order valence-corrected chi connectivity index (χ2v) is 7.17. The summed E-state index contributed by atoms with van der Waals surface area (Å²) in [6.07, 6.45) is 4.91. The number of hydrogen-bond acceptors (Lipinski definition) is 3. The standard InChI is InChI=1S/C23H28FN5O/c1-18(15-30-16-19-6-4-3-5-7-19)13-27-23(25-2)28-14-20-8-9-22(21(24)12-20)29-11-10-26-17-29/h3-12,17-18H,13-16H2,1-2H3,(H2,25,27,28). The molecule has 2 aromatic carbocycles. The third kappa shape index (κ3) is 6.42. The smallest absolute Gasteiger partial charge is 0.191 e. The lowest BCUT2D eigenvalue weighted by molar-refractivity contribution is 0.0931. The molecule has 0 spiro atoms. The summed E-state index contributed by atoms with van der Waals surface area (Å²) in [6, 6.07) is 15.3. The van der Waals surface area contributed by atoms with Crippen LogP contribution in [0.5, 0.6) is 0 Å². The van der Waals surface area contributed by atoms with Gasteiger partial charge >= 0.3 is 0 Å². The van der Waals surface area contributed by atoms with Gasteiger partial charge in [-0.2, -0.15) is 0 Å². The van der Waals surface area contributed by atoms with Crippen LogP contribution in [-0.2, 0) is 17.9 Å². The molecule has 1 atom stereocenters. The number of benzene rings is 2. The zero-order valence-corrected chi connectivity index (χ0v) is 17.4. The number of ether oxygens (including phenoxy) is 1. The van der Waals surface area contributed by atoms with E-state index in [-0.39, 0.29) is 5.82 Å². The van der Waals surface area contributed by atoms with Crippen molar-refractivity contribution in [1.29, 1.82) is 0 Å². The Labute approximate surface area is 176 Å². The zero-order chi connectivity index (χ0) is 21.2. The summed E-state index contributed by atoms with van der Waals surface area (Å²) in [5.74, 6) is 0.697. The molecule has 2 N–H and O–H groups in total. The van der Waals surface area contributed by atoms with Crippen molar-refractivity contribution in [3.8, 4) is 5.69 Å². The molecule has 0 radical (unpaired) electrons. The summed E-state index contributed by atoms with van der Waals surface area (Å²) < 4.78 is 21.8. The number of aliphatic imine (C=N–C) groups is 1. The zero-order valence-electron chi connectivity index (χ0n) is 17.4.